The van der Waals surface area contributed by atoms with Gasteiger partial charge in [-0.15, -0.1) is 11.3 Å². The number of thiophene rings is 1. The summed E-state index contributed by atoms with van der Waals surface area (Å²) in [6, 6.07) is 0. The van der Waals surface area contributed by atoms with Crippen LogP contribution in [0.2, 0.25) is 0 Å². The summed E-state index contributed by atoms with van der Waals surface area (Å²) in [4.78, 5) is 22.2. The Morgan fingerprint density at radius 2 is 2.23 bits per heavy atom. The van der Waals surface area contributed by atoms with Crippen molar-refractivity contribution >= 4 is 23.1 Å². The third-order valence-corrected chi connectivity index (χ3v) is 3.28. The quantitative estimate of drug-likeness (QED) is 0.740. The largest absolute Gasteiger partial charge is 0.477 e. The van der Waals surface area contributed by atoms with Crippen molar-refractivity contribution in [3.63, 3.8) is 0 Å². The molecule has 1 aromatic rings. The average molecular weight is 196 g/mol. The standard InChI is InChI=1S/C9H8O3S/c10-6-1-2-7-5(3-6)4-13-8(7)9(11)12/h4H,1-3H2,(H,11,12). The normalized spacial score (nSPS) is 15.5. The van der Waals surface area contributed by atoms with E-state index in [2.05, 4.69) is 0 Å². The second kappa shape index (κ2) is 2.96. The lowest BCUT2D eigenvalue weighted by atomic mass is 9.93. The molecule has 0 saturated heterocycles. The second-order valence-electron chi connectivity index (χ2n) is 3.09. The fraction of sp³-hybridized carbons (Fsp3) is 0.333. The van der Waals surface area contributed by atoms with Crippen molar-refractivity contribution in [2.45, 2.75) is 19.3 Å². The van der Waals surface area contributed by atoms with Gasteiger partial charge in [-0.2, -0.15) is 0 Å². The van der Waals surface area contributed by atoms with Crippen molar-refractivity contribution < 1.29 is 14.7 Å². The predicted octanol–water partition coefficient (Wildman–Crippen LogP) is 1.50. The number of aromatic carboxylic acids is 1. The molecule has 13 heavy (non-hydrogen) atoms. The predicted molar refractivity (Wildman–Crippen MR) is 48.3 cm³/mol. The lowest BCUT2D eigenvalue weighted by Crippen LogP contribution is -2.13. The lowest BCUT2D eigenvalue weighted by Gasteiger charge is -2.10. The molecule has 1 aliphatic rings. The lowest BCUT2D eigenvalue weighted by molar-refractivity contribution is -0.118. The molecule has 1 heterocycles. The van der Waals surface area contributed by atoms with E-state index in [1.165, 1.54) is 11.3 Å². The third kappa shape index (κ3) is 1.37. The number of fused-ring (bicyclic) bond motifs is 1. The first-order valence-electron chi connectivity index (χ1n) is 4.02. The van der Waals surface area contributed by atoms with Crippen LogP contribution in [-0.2, 0) is 17.6 Å². The topological polar surface area (TPSA) is 54.4 Å². The molecule has 3 nitrogen and oxygen atoms in total. The van der Waals surface area contributed by atoms with E-state index in [-0.39, 0.29) is 5.78 Å². The van der Waals surface area contributed by atoms with Gasteiger partial charge < -0.3 is 5.11 Å². The first-order valence-corrected chi connectivity index (χ1v) is 4.90. The molecule has 0 fully saturated rings. The van der Waals surface area contributed by atoms with E-state index in [1.807, 2.05) is 0 Å². The maximum absolute atomic E-state index is 11.1. The summed E-state index contributed by atoms with van der Waals surface area (Å²) in [5.41, 5.74) is 1.79. The fourth-order valence-electron chi connectivity index (χ4n) is 1.59. The summed E-state index contributed by atoms with van der Waals surface area (Å²) < 4.78 is 0. The van der Waals surface area contributed by atoms with Crippen molar-refractivity contribution in [3.8, 4) is 0 Å². The number of carboxylic acid groups (broad SMARTS) is 1. The van der Waals surface area contributed by atoms with E-state index in [1.54, 1.807) is 5.38 Å². The molecule has 0 saturated carbocycles. The molecule has 0 radical (unpaired) electrons. The smallest absolute Gasteiger partial charge is 0.346 e. The Morgan fingerprint density at radius 3 is 2.92 bits per heavy atom. The fourth-order valence-corrected chi connectivity index (χ4v) is 2.55. The van der Waals surface area contributed by atoms with Gasteiger partial charge in [0.25, 0.3) is 0 Å². The van der Waals surface area contributed by atoms with Crippen LogP contribution in [0.15, 0.2) is 5.38 Å². The summed E-state index contributed by atoms with van der Waals surface area (Å²) in [6.07, 6.45) is 1.50. The molecular weight excluding hydrogens is 188 g/mol. The summed E-state index contributed by atoms with van der Waals surface area (Å²) in [5.74, 6) is -0.664. The first-order chi connectivity index (χ1) is 6.18. The van der Waals surface area contributed by atoms with Gasteiger partial charge >= 0.3 is 5.97 Å². The molecule has 68 valence electrons. The van der Waals surface area contributed by atoms with Gasteiger partial charge in [-0.05, 0) is 22.9 Å². The number of carbonyl (C=O) groups excluding carboxylic acids is 1. The highest BCUT2D eigenvalue weighted by atomic mass is 32.1. The summed E-state index contributed by atoms with van der Waals surface area (Å²) in [5, 5.41) is 10.6. The van der Waals surface area contributed by atoms with Gasteiger partial charge in [0, 0.05) is 12.8 Å². The maximum Gasteiger partial charge on any atom is 0.346 e. The Bertz CT molecular complexity index is 378. The molecule has 1 aliphatic carbocycles. The summed E-state index contributed by atoms with van der Waals surface area (Å²) >= 11 is 1.22. The molecule has 4 heteroatoms. The van der Waals surface area contributed by atoms with Crippen molar-refractivity contribution in [2.24, 2.45) is 0 Å². The van der Waals surface area contributed by atoms with Crippen LogP contribution < -0.4 is 0 Å². The maximum atomic E-state index is 11.1. The number of rotatable bonds is 1. The Kier molecular flexibility index (Phi) is 1.92. The second-order valence-corrected chi connectivity index (χ2v) is 3.97. The van der Waals surface area contributed by atoms with E-state index in [0.29, 0.717) is 24.1 Å². The van der Waals surface area contributed by atoms with Gasteiger partial charge in [-0.3, -0.25) is 4.79 Å². The van der Waals surface area contributed by atoms with E-state index < -0.39 is 5.97 Å². The zero-order chi connectivity index (χ0) is 9.42. The number of Topliss-reactive ketones (excluding diaryl/α,β-unsaturated/α-hetero) is 1. The molecule has 0 aliphatic heterocycles. The number of ketones is 1. The molecule has 0 aromatic carbocycles. The van der Waals surface area contributed by atoms with Gasteiger partial charge in [-0.1, -0.05) is 0 Å². The van der Waals surface area contributed by atoms with Gasteiger partial charge in [0.15, 0.2) is 0 Å². The highest BCUT2D eigenvalue weighted by Gasteiger charge is 2.22. The van der Waals surface area contributed by atoms with Gasteiger partial charge in [0.05, 0.1) is 0 Å². The van der Waals surface area contributed by atoms with Crippen molar-refractivity contribution in [3.05, 3.63) is 21.4 Å². The van der Waals surface area contributed by atoms with E-state index >= 15 is 0 Å². The van der Waals surface area contributed by atoms with Crippen molar-refractivity contribution in [1.29, 1.82) is 0 Å². The molecule has 0 spiro atoms. The molecule has 0 amide bonds. The van der Waals surface area contributed by atoms with Crippen LogP contribution in [0.4, 0.5) is 0 Å². The van der Waals surface area contributed by atoms with E-state index in [0.717, 1.165) is 11.1 Å². The van der Waals surface area contributed by atoms with E-state index in [4.69, 9.17) is 5.11 Å². The number of hydrogen-bond donors (Lipinski definition) is 1. The van der Waals surface area contributed by atoms with Gasteiger partial charge in [0.1, 0.15) is 10.7 Å². The van der Waals surface area contributed by atoms with Crippen LogP contribution in [-0.4, -0.2) is 16.9 Å². The molecule has 2 rings (SSSR count). The zero-order valence-corrected chi connectivity index (χ0v) is 7.69. The first kappa shape index (κ1) is 8.44. The minimum atomic E-state index is -0.874. The number of carbonyl (C=O) groups is 2. The van der Waals surface area contributed by atoms with Crippen molar-refractivity contribution in [2.75, 3.05) is 0 Å². The minimum Gasteiger partial charge on any atom is -0.477 e. The Hall–Kier alpha value is -1.16. The number of hydrogen-bond acceptors (Lipinski definition) is 3. The van der Waals surface area contributed by atoms with Crippen molar-refractivity contribution in [1.82, 2.24) is 0 Å². The molecule has 1 aromatic heterocycles. The molecule has 0 atom stereocenters. The molecular formula is C9H8O3S. The third-order valence-electron chi connectivity index (χ3n) is 2.22. The Balaban J connectivity index is 2.44. The van der Waals surface area contributed by atoms with Crippen LogP contribution in [0.3, 0.4) is 0 Å². The molecule has 1 N–H and O–H groups in total. The van der Waals surface area contributed by atoms with Crippen LogP contribution in [0.5, 0.6) is 0 Å². The molecule has 0 unspecified atom stereocenters. The minimum absolute atomic E-state index is 0.210. The van der Waals surface area contributed by atoms with Crippen LogP contribution >= 0.6 is 11.3 Å². The van der Waals surface area contributed by atoms with Crippen LogP contribution in [0, 0.1) is 0 Å². The SMILES string of the molecule is O=C1CCc2c(csc2C(=O)O)C1. The Labute approximate surface area is 79.0 Å². The van der Waals surface area contributed by atoms with Crippen LogP contribution in [0.1, 0.15) is 27.2 Å². The monoisotopic (exact) mass is 196 g/mol. The van der Waals surface area contributed by atoms with Gasteiger partial charge in [-0.25, -0.2) is 4.79 Å². The molecule has 0 bridgehead atoms. The zero-order valence-electron chi connectivity index (χ0n) is 6.87. The average Bonchev–Trinajstić information content (AvgIpc) is 2.46. The Morgan fingerprint density at radius 1 is 1.46 bits per heavy atom. The highest BCUT2D eigenvalue weighted by Crippen LogP contribution is 2.28. The summed E-state index contributed by atoms with van der Waals surface area (Å²) in [7, 11) is 0. The van der Waals surface area contributed by atoms with Gasteiger partial charge in [0.2, 0.25) is 0 Å². The summed E-state index contributed by atoms with van der Waals surface area (Å²) in [6.45, 7) is 0. The van der Waals surface area contributed by atoms with Crippen LogP contribution in [0.25, 0.3) is 0 Å². The van der Waals surface area contributed by atoms with E-state index in [9.17, 15) is 9.59 Å². The number of carboxylic acids is 1. The highest BCUT2D eigenvalue weighted by molar-refractivity contribution is 7.12.